The molecule has 0 aliphatic heterocycles. The molecule has 0 aromatic rings. The van der Waals surface area contributed by atoms with Gasteiger partial charge in [0.1, 0.15) is 0 Å². The van der Waals surface area contributed by atoms with Crippen molar-refractivity contribution < 1.29 is 4.79 Å². The highest BCUT2D eigenvalue weighted by Gasteiger charge is 2.04. The molecule has 0 aromatic heterocycles. The van der Waals surface area contributed by atoms with E-state index in [0.717, 1.165) is 12.8 Å². The van der Waals surface area contributed by atoms with E-state index in [4.69, 9.17) is 12.2 Å². The van der Waals surface area contributed by atoms with E-state index < -0.39 is 0 Å². The lowest BCUT2D eigenvalue weighted by molar-refractivity contribution is -0.114. The Labute approximate surface area is 61.8 Å². The molecular weight excluding hydrogens is 126 g/mol. The van der Waals surface area contributed by atoms with Crippen molar-refractivity contribution in [3.8, 4) is 12.3 Å². The second-order valence-corrected chi connectivity index (χ2v) is 2.32. The van der Waals surface area contributed by atoms with Gasteiger partial charge >= 0.3 is 0 Å². The zero-order valence-electron chi connectivity index (χ0n) is 6.26. The van der Waals surface area contributed by atoms with Gasteiger partial charge in [0.2, 0.25) is 5.78 Å². The highest BCUT2D eigenvalue weighted by molar-refractivity contribution is 5.95. The second-order valence-electron chi connectivity index (χ2n) is 2.32. The normalized spacial score (nSPS) is 12.1. The van der Waals surface area contributed by atoms with Crippen LogP contribution in [0.4, 0.5) is 0 Å². The van der Waals surface area contributed by atoms with Gasteiger partial charge in [-0.25, -0.2) is 0 Å². The molecule has 10 heavy (non-hydrogen) atoms. The maximum atomic E-state index is 10.6. The molecule has 0 aliphatic carbocycles. The Morgan fingerprint density at radius 1 is 1.80 bits per heavy atom. The van der Waals surface area contributed by atoms with E-state index in [9.17, 15) is 4.79 Å². The second kappa shape index (κ2) is 5.01. The first-order valence-corrected chi connectivity index (χ1v) is 3.45. The lowest BCUT2D eigenvalue weighted by atomic mass is 10.1. The van der Waals surface area contributed by atoms with Crippen LogP contribution in [0.3, 0.4) is 0 Å². The summed E-state index contributed by atoms with van der Waals surface area (Å²) in [6.45, 7) is 2.03. The summed E-state index contributed by atoms with van der Waals surface area (Å²) in [6, 6.07) is -0.0476. The van der Waals surface area contributed by atoms with Crippen molar-refractivity contribution in [1.29, 1.82) is 0 Å². The highest BCUT2D eigenvalue weighted by atomic mass is 16.1. The molecule has 1 atom stereocenters. The summed E-state index contributed by atoms with van der Waals surface area (Å²) >= 11 is 0. The van der Waals surface area contributed by atoms with E-state index in [1.54, 1.807) is 0 Å². The molecule has 0 aliphatic rings. The average molecular weight is 139 g/mol. The molecule has 2 N–H and O–H groups in total. The van der Waals surface area contributed by atoms with Crippen LogP contribution in [0.2, 0.25) is 0 Å². The molecule has 0 radical (unpaired) electrons. The first-order chi connectivity index (χ1) is 4.70. The van der Waals surface area contributed by atoms with Crippen LogP contribution in [0.1, 0.15) is 26.2 Å². The molecular formula is C8H13NO. The monoisotopic (exact) mass is 139 g/mol. The van der Waals surface area contributed by atoms with Crippen LogP contribution in [0.5, 0.6) is 0 Å². The van der Waals surface area contributed by atoms with Gasteiger partial charge in [0.05, 0.1) is 0 Å². The predicted octanol–water partition coefficient (Wildman–Crippen LogP) is 0.706. The summed E-state index contributed by atoms with van der Waals surface area (Å²) in [5, 5.41) is 0. The number of carbonyl (C=O) groups excluding carboxylic acids is 1. The molecule has 56 valence electrons. The minimum atomic E-state index is -0.194. The number of carbonyl (C=O) groups is 1. The molecule has 0 amide bonds. The van der Waals surface area contributed by atoms with Crippen LogP contribution in [-0.4, -0.2) is 11.8 Å². The van der Waals surface area contributed by atoms with Gasteiger partial charge in [-0.2, -0.15) is 0 Å². The topological polar surface area (TPSA) is 43.1 Å². The van der Waals surface area contributed by atoms with Crippen LogP contribution in [0.25, 0.3) is 0 Å². The third-order valence-corrected chi connectivity index (χ3v) is 1.27. The molecule has 2 heteroatoms. The molecule has 0 spiro atoms. The van der Waals surface area contributed by atoms with E-state index in [1.807, 2.05) is 12.8 Å². The summed E-state index contributed by atoms with van der Waals surface area (Å²) in [6.07, 6.45) is 7.05. The number of ketones is 1. The maximum absolute atomic E-state index is 10.6. The summed E-state index contributed by atoms with van der Waals surface area (Å²) < 4.78 is 0. The standard InChI is InChI=1S/C8H13NO/c1-3-5-7(9)6-8(10)4-2/h2,7H,3,5-6,9H2,1H3. The predicted molar refractivity (Wildman–Crippen MR) is 41.3 cm³/mol. The third kappa shape index (κ3) is 4.11. The van der Waals surface area contributed by atoms with Gasteiger partial charge in [-0.05, 0) is 12.3 Å². The Bertz CT molecular complexity index is 146. The van der Waals surface area contributed by atoms with Crippen molar-refractivity contribution in [3.05, 3.63) is 0 Å². The van der Waals surface area contributed by atoms with Gasteiger partial charge in [-0.15, -0.1) is 6.42 Å². The minimum absolute atomic E-state index is 0.0476. The summed E-state index contributed by atoms with van der Waals surface area (Å²) in [5.41, 5.74) is 5.54. The third-order valence-electron chi connectivity index (χ3n) is 1.27. The first-order valence-electron chi connectivity index (χ1n) is 3.45. The summed E-state index contributed by atoms with van der Waals surface area (Å²) in [4.78, 5) is 10.6. The molecule has 0 saturated heterocycles. The highest BCUT2D eigenvalue weighted by Crippen LogP contribution is 1.97. The van der Waals surface area contributed by atoms with Crippen LogP contribution in [-0.2, 0) is 4.79 Å². The number of terminal acetylenes is 1. The Morgan fingerprint density at radius 3 is 2.80 bits per heavy atom. The van der Waals surface area contributed by atoms with Crippen LogP contribution < -0.4 is 5.73 Å². The van der Waals surface area contributed by atoms with Crippen molar-refractivity contribution in [2.24, 2.45) is 5.73 Å². The largest absolute Gasteiger partial charge is 0.327 e. The molecule has 0 bridgehead atoms. The van der Waals surface area contributed by atoms with Gasteiger partial charge in [0.25, 0.3) is 0 Å². The van der Waals surface area contributed by atoms with Crippen LogP contribution in [0.15, 0.2) is 0 Å². The average Bonchev–Trinajstić information content (AvgIpc) is 1.88. The Morgan fingerprint density at radius 2 is 2.40 bits per heavy atom. The molecule has 0 rings (SSSR count). The number of hydrogen-bond donors (Lipinski definition) is 1. The van der Waals surface area contributed by atoms with E-state index in [2.05, 4.69) is 0 Å². The Balaban J connectivity index is 3.49. The zero-order valence-corrected chi connectivity index (χ0v) is 6.26. The number of nitrogens with two attached hydrogens (primary N) is 1. The molecule has 2 nitrogen and oxygen atoms in total. The number of Topliss-reactive ketones (excluding diaryl/α,β-unsaturated/α-hetero) is 1. The fraction of sp³-hybridized carbons (Fsp3) is 0.625. The molecule has 0 heterocycles. The smallest absolute Gasteiger partial charge is 0.206 e. The van der Waals surface area contributed by atoms with Gasteiger partial charge in [0.15, 0.2) is 0 Å². The first kappa shape index (κ1) is 9.19. The Hall–Kier alpha value is -0.810. The van der Waals surface area contributed by atoms with Gasteiger partial charge in [-0.3, -0.25) is 4.79 Å². The number of rotatable bonds is 4. The van der Waals surface area contributed by atoms with Crippen molar-refractivity contribution in [2.45, 2.75) is 32.2 Å². The summed E-state index contributed by atoms with van der Waals surface area (Å²) in [5.74, 6) is 1.84. The molecule has 1 unspecified atom stereocenters. The van der Waals surface area contributed by atoms with Crippen LogP contribution in [0, 0.1) is 12.3 Å². The van der Waals surface area contributed by atoms with Gasteiger partial charge in [-0.1, -0.05) is 13.3 Å². The number of hydrogen-bond acceptors (Lipinski definition) is 2. The molecule has 0 saturated carbocycles. The summed E-state index contributed by atoms with van der Waals surface area (Å²) in [7, 11) is 0. The van der Waals surface area contributed by atoms with Gasteiger partial charge < -0.3 is 5.73 Å². The van der Waals surface area contributed by atoms with Crippen molar-refractivity contribution in [1.82, 2.24) is 0 Å². The maximum Gasteiger partial charge on any atom is 0.206 e. The minimum Gasteiger partial charge on any atom is -0.327 e. The van der Waals surface area contributed by atoms with E-state index in [-0.39, 0.29) is 11.8 Å². The zero-order chi connectivity index (χ0) is 7.98. The Kier molecular flexibility index (Phi) is 4.61. The SMILES string of the molecule is C#CC(=O)CC(N)CCC. The van der Waals surface area contributed by atoms with Crippen molar-refractivity contribution in [2.75, 3.05) is 0 Å². The van der Waals surface area contributed by atoms with E-state index >= 15 is 0 Å². The van der Waals surface area contributed by atoms with E-state index in [0.29, 0.717) is 6.42 Å². The van der Waals surface area contributed by atoms with Crippen LogP contribution >= 0.6 is 0 Å². The van der Waals surface area contributed by atoms with Crippen molar-refractivity contribution in [3.63, 3.8) is 0 Å². The van der Waals surface area contributed by atoms with Crippen molar-refractivity contribution >= 4 is 5.78 Å². The molecule has 0 fully saturated rings. The quantitative estimate of drug-likeness (QED) is 0.460. The fourth-order valence-corrected chi connectivity index (χ4v) is 0.770. The fourth-order valence-electron chi connectivity index (χ4n) is 0.770. The lowest BCUT2D eigenvalue weighted by Crippen LogP contribution is -2.22. The van der Waals surface area contributed by atoms with Gasteiger partial charge in [0, 0.05) is 12.5 Å². The van der Waals surface area contributed by atoms with E-state index in [1.165, 1.54) is 0 Å². The lowest BCUT2D eigenvalue weighted by Gasteiger charge is -2.04. The molecule has 0 aromatic carbocycles.